The fourth-order valence-electron chi connectivity index (χ4n) is 2.92. The number of ether oxygens (including phenoxy) is 1. The molecule has 182 valence electrons. The van der Waals surface area contributed by atoms with E-state index in [9.17, 15) is 29.9 Å². The number of aliphatic carboxylic acids is 1. The van der Waals surface area contributed by atoms with Gasteiger partial charge in [-0.3, -0.25) is 10.1 Å². The minimum atomic E-state index is -1.22. The Kier molecular flexibility index (Phi) is 9.34. The van der Waals surface area contributed by atoms with Gasteiger partial charge in [0.1, 0.15) is 17.5 Å². The summed E-state index contributed by atoms with van der Waals surface area (Å²) in [6, 6.07) is 11.6. The van der Waals surface area contributed by atoms with E-state index in [4.69, 9.17) is 4.74 Å². The fraction of sp³-hybridized carbons (Fsp3) is 0.0909. The Morgan fingerprint density at radius 2 is 1.63 bits per heavy atom. The van der Waals surface area contributed by atoms with Crippen molar-refractivity contribution in [3.8, 4) is 17.2 Å². The van der Waals surface area contributed by atoms with Crippen LogP contribution in [-0.4, -0.2) is 33.2 Å². The molecular weight excluding hydrogens is 799 g/mol. The third-order valence-electron chi connectivity index (χ3n) is 4.58. The first kappa shape index (κ1) is 27.2. The molecule has 3 aromatic rings. The van der Waals surface area contributed by atoms with Crippen LogP contribution in [0.15, 0.2) is 54.6 Å². The van der Waals surface area contributed by atoms with Crippen LogP contribution >= 0.6 is 67.8 Å². The Morgan fingerprint density at radius 3 is 2.17 bits per heavy atom. The number of carbonyl (C=O) groups excluding carboxylic acids is 1. The zero-order valence-electron chi connectivity index (χ0n) is 17.5. The Morgan fingerprint density at radius 1 is 1.00 bits per heavy atom. The van der Waals surface area contributed by atoms with Crippen LogP contribution in [0.2, 0.25) is 0 Å². The zero-order valence-corrected chi connectivity index (χ0v) is 24.0. The highest BCUT2D eigenvalue weighted by atomic mass is 127. The van der Waals surface area contributed by atoms with E-state index in [1.807, 2.05) is 22.6 Å². The monoisotopic (exact) mass is 815 g/mol. The van der Waals surface area contributed by atoms with E-state index in [-0.39, 0.29) is 23.5 Å². The van der Waals surface area contributed by atoms with E-state index in [0.717, 1.165) is 7.14 Å². The molecule has 0 heterocycles. The maximum Gasteiger partial charge on any atom is 0.326 e. The van der Waals surface area contributed by atoms with Crippen molar-refractivity contribution in [3.05, 3.63) is 81.0 Å². The summed E-state index contributed by atoms with van der Waals surface area (Å²) >= 11 is 6.18. The summed E-state index contributed by atoms with van der Waals surface area (Å²) in [5.41, 5.74) is 0.831. The second kappa shape index (κ2) is 12.0. The quantitative estimate of drug-likeness (QED) is 0.129. The van der Waals surface area contributed by atoms with Crippen molar-refractivity contribution in [2.75, 3.05) is 5.32 Å². The highest BCUT2D eigenvalue weighted by Gasteiger charge is 2.22. The number of nitrogens with zero attached hydrogens (tertiary/aromatic N) is 1. The molecule has 10 nitrogen and oxygen atoms in total. The van der Waals surface area contributed by atoms with Crippen LogP contribution < -0.4 is 15.4 Å². The molecule has 0 bridgehead atoms. The molecule has 0 spiro atoms. The lowest BCUT2D eigenvalue weighted by molar-refractivity contribution is -0.384. The highest BCUT2D eigenvalue weighted by molar-refractivity contribution is 14.1. The number of carboxylic acids is 1. The first-order valence-electron chi connectivity index (χ1n) is 9.72. The van der Waals surface area contributed by atoms with Crippen LogP contribution in [0.1, 0.15) is 5.56 Å². The van der Waals surface area contributed by atoms with Gasteiger partial charge in [0.25, 0.3) is 5.69 Å². The van der Waals surface area contributed by atoms with Gasteiger partial charge in [-0.1, -0.05) is 0 Å². The smallest absolute Gasteiger partial charge is 0.326 e. The van der Waals surface area contributed by atoms with Crippen molar-refractivity contribution in [1.29, 1.82) is 0 Å². The molecule has 0 fully saturated rings. The number of aromatic hydroxyl groups is 1. The number of urea groups is 1. The maximum atomic E-state index is 12.3. The van der Waals surface area contributed by atoms with E-state index < -0.39 is 23.0 Å². The van der Waals surface area contributed by atoms with Gasteiger partial charge in [-0.05, 0) is 116 Å². The second-order valence-corrected chi connectivity index (χ2v) is 10.6. The zero-order chi connectivity index (χ0) is 25.7. The second-order valence-electron chi connectivity index (χ2n) is 7.10. The molecule has 2 amide bonds. The molecule has 0 aromatic heterocycles. The number of phenols is 1. The van der Waals surface area contributed by atoms with Crippen LogP contribution in [-0.2, 0) is 11.2 Å². The SMILES string of the molecule is O=C(Nc1ccc([N+](=O)[O-])cc1)N[C@@H](Cc1cc(I)c(Oc2ccc(O)c(I)c2)c(I)c1)C(=O)O. The molecule has 0 aliphatic heterocycles. The van der Waals surface area contributed by atoms with Gasteiger partial charge in [0.05, 0.1) is 15.6 Å². The number of carboxylic acid groups (broad SMARTS) is 1. The summed E-state index contributed by atoms with van der Waals surface area (Å²) in [7, 11) is 0. The van der Waals surface area contributed by atoms with Gasteiger partial charge >= 0.3 is 12.0 Å². The van der Waals surface area contributed by atoms with E-state index in [1.165, 1.54) is 30.3 Å². The van der Waals surface area contributed by atoms with Gasteiger partial charge in [-0.25, -0.2) is 9.59 Å². The number of amides is 2. The number of carbonyl (C=O) groups is 2. The fourth-order valence-corrected chi connectivity index (χ4v) is 5.53. The number of nitro groups is 1. The number of hydrogen-bond acceptors (Lipinski definition) is 6. The molecule has 0 saturated heterocycles. The van der Waals surface area contributed by atoms with Crippen molar-refractivity contribution in [2.45, 2.75) is 12.5 Å². The van der Waals surface area contributed by atoms with Gasteiger partial charge in [0.2, 0.25) is 0 Å². The highest BCUT2D eigenvalue weighted by Crippen LogP contribution is 2.35. The molecule has 0 aliphatic rings. The predicted octanol–water partition coefficient (Wildman–Crippen LogP) is 5.72. The van der Waals surface area contributed by atoms with Crippen molar-refractivity contribution in [3.63, 3.8) is 0 Å². The number of rotatable bonds is 8. The molecular formula is C22H16I3N3O7. The summed E-state index contributed by atoms with van der Waals surface area (Å²) in [4.78, 5) is 34.3. The summed E-state index contributed by atoms with van der Waals surface area (Å²) in [5.74, 6) is 0.0753. The van der Waals surface area contributed by atoms with Gasteiger partial charge < -0.3 is 25.6 Å². The number of hydrogen-bond donors (Lipinski definition) is 4. The Balaban J connectivity index is 1.70. The van der Waals surface area contributed by atoms with Crippen molar-refractivity contribution >= 4 is 91.1 Å². The van der Waals surface area contributed by atoms with Gasteiger partial charge in [-0.2, -0.15) is 0 Å². The lowest BCUT2D eigenvalue weighted by atomic mass is 10.1. The average Bonchev–Trinajstić information content (AvgIpc) is 2.78. The summed E-state index contributed by atoms with van der Waals surface area (Å²) in [5, 5.41) is 34.9. The Hall–Kier alpha value is -2.41. The standard InChI is InChI=1S/C22H16I3N3O7/c23-15-10-14(5-6-19(15)29)35-20-16(24)7-11(8-17(20)25)9-18(21(30)31)27-22(32)26-12-1-3-13(4-2-12)28(33)34/h1-8,10,18,29H,9H2,(H,30,31)(H2,26,27,32)/t18-/m0/s1. The topological polar surface area (TPSA) is 151 Å². The molecule has 3 rings (SSSR count). The van der Waals surface area contributed by atoms with Crippen LogP contribution in [0.5, 0.6) is 17.2 Å². The minimum absolute atomic E-state index is 0.0202. The van der Waals surface area contributed by atoms with E-state index in [2.05, 4.69) is 55.8 Å². The number of nitro benzene ring substituents is 1. The summed E-state index contributed by atoms with van der Waals surface area (Å²) in [6.45, 7) is 0. The van der Waals surface area contributed by atoms with Crippen molar-refractivity contribution < 1.29 is 29.5 Å². The van der Waals surface area contributed by atoms with Crippen LogP contribution in [0, 0.1) is 20.8 Å². The summed E-state index contributed by atoms with van der Waals surface area (Å²) in [6.07, 6.45) is 0.0202. The molecule has 0 unspecified atom stereocenters. The molecule has 4 N–H and O–H groups in total. The largest absolute Gasteiger partial charge is 0.507 e. The number of non-ortho nitro benzene ring substituents is 1. The molecule has 13 heteroatoms. The number of benzene rings is 3. The third kappa shape index (κ3) is 7.53. The Bertz CT molecular complexity index is 1260. The van der Waals surface area contributed by atoms with Crippen LogP contribution in [0.3, 0.4) is 0 Å². The lowest BCUT2D eigenvalue weighted by Gasteiger charge is -2.17. The molecule has 3 aromatic carbocycles. The first-order chi connectivity index (χ1) is 16.5. The number of anilines is 1. The van der Waals surface area contributed by atoms with Crippen LogP contribution in [0.25, 0.3) is 0 Å². The molecule has 35 heavy (non-hydrogen) atoms. The lowest BCUT2D eigenvalue weighted by Crippen LogP contribution is -2.44. The van der Waals surface area contributed by atoms with Crippen molar-refractivity contribution in [2.24, 2.45) is 0 Å². The van der Waals surface area contributed by atoms with Gasteiger partial charge in [0.15, 0.2) is 5.75 Å². The molecule has 0 saturated carbocycles. The maximum absolute atomic E-state index is 12.3. The molecule has 0 aliphatic carbocycles. The van der Waals surface area contributed by atoms with E-state index in [1.54, 1.807) is 24.3 Å². The van der Waals surface area contributed by atoms with Crippen LogP contribution in [0.4, 0.5) is 16.2 Å². The summed E-state index contributed by atoms with van der Waals surface area (Å²) < 4.78 is 8.10. The first-order valence-corrected chi connectivity index (χ1v) is 13.0. The average molecular weight is 815 g/mol. The number of halogens is 3. The minimum Gasteiger partial charge on any atom is -0.507 e. The van der Waals surface area contributed by atoms with Gasteiger partial charge in [-0.15, -0.1) is 0 Å². The number of phenolic OH excluding ortho intramolecular Hbond substituents is 1. The number of nitrogens with one attached hydrogen (secondary N) is 2. The van der Waals surface area contributed by atoms with Crippen molar-refractivity contribution in [1.82, 2.24) is 5.32 Å². The van der Waals surface area contributed by atoms with Gasteiger partial charge in [0, 0.05) is 24.2 Å². The van der Waals surface area contributed by atoms with E-state index in [0.29, 0.717) is 20.6 Å². The predicted molar refractivity (Wildman–Crippen MR) is 153 cm³/mol. The molecule has 1 atom stereocenters. The Labute approximate surface area is 240 Å². The van der Waals surface area contributed by atoms with E-state index >= 15 is 0 Å². The third-order valence-corrected chi connectivity index (χ3v) is 7.04. The molecule has 0 radical (unpaired) electrons. The normalized spacial score (nSPS) is 11.4.